The first-order chi connectivity index (χ1) is 13.7. The Morgan fingerprint density at radius 2 is 2.07 bits per heavy atom. The topological polar surface area (TPSA) is 101 Å². The van der Waals surface area contributed by atoms with E-state index in [-0.39, 0.29) is 12.5 Å². The number of carbonyl (C=O) groups excluding carboxylic acids is 1. The predicted octanol–water partition coefficient (Wildman–Crippen LogP) is 2.53. The van der Waals surface area contributed by atoms with Crippen LogP contribution in [0, 0.1) is 0 Å². The summed E-state index contributed by atoms with van der Waals surface area (Å²) in [6, 6.07) is 15.6. The smallest absolute Gasteiger partial charge is 0.263 e. The van der Waals surface area contributed by atoms with E-state index in [1.165, 1.54) is 10.4 Å². The van der Waals surface area contributed by atoms with Gasteiger partial charge in [-0.25, -0.2) is 5.43 Å². The Morgan fingerprint density at radius 1 is 1.21 bits per heavy atom. The van der Waals surface area contributed by atoms with Crippen molar-refractivity contribution in [2.24, 2.45) is 5.10 Å². The Balaban J connectivity index is 1.39. The first-order valence-electron chi connectivity index (χ1n) is 8.98. The van der Waals surface area contributed by atoms with Crippen LogP contribution in [0.5, 0.6) is 0 Å². The fourth-order valence-corrected chi connectivity index (χ4v) is 2.99. The molecule has 140 valence electrons. The number of benzene rings is 2. The minimum atomic E-state index is -0.331. The maximum atomic E-state index is 12.1. The van der Waals surface area contributed by atoms with Gasteiger partial charge in [0.25, 0.3) is 5.91 Å². The van der Waals surface area contributed by atoms with Crippen molar-refractivity contribution in [3.63, 3.8) is 0 Å². The van der Waals surface area contributed by atoms with Gasteiger partial charge >= 0.3 is 0 Å². The van der Waals surface area contributed by atoms with Crippen LogP contribution in [-0.4, -0.2) is 37.3 Å². The van der Waals surface area contributed by atoms with Gasteiger partial charge < -0.3 is 4.98 Å². The molecule has 0 aliphatic rings. The Hall–Kier alpha value is -3.81. The van der Waals surface area contributed by atoms with Crippen LogP contribution in [0.25, 0.3) is 22.3 Å². The summed E-state index contributed by atoms with van der Waals surface area (Å²) in [6.07, 6.45) is 4.45. The van der Waals surface area contributed by atoms with E-state index in [1.807, 2.05) is 48.7 Å². The zero-order valence-corrected chi connectivity index (χ0v) is 15.3. The molecule has 0 unspecified atom stereocenters. The number of rotatable bonds is 6. The fourth-order valence-electron chi connectivity index (χ4n) is 2.99. The summed E-state index contributed by atoms with van der Waals surface area (Å²) in [5.74, 6) is 0.143. The van der Waals surface area contributed by atoms with Crippen LogP contribution in [0.3, 0.4) is 0 Å². The van der Waals surface area contributed by atoms with Crippen molar-refractivity contribution in [2.45, 2.75) is 19.9 Å². The van der Waals surface area contributed by atoms with Gasteiger partial charge in [0.15, 0.2) is 0 Å². The van der Waals surface area contributed by atoms with Gasteiger partial charge in [-0.1, -0.05) is 55.5 Å². The second-order valence-electron chi connectivity index (χ2n) is 6.24. The maximum absolute atomic E-state index is 12.1. The molecule has 0 saturated heterocycles. The molecule has 1 amide bonds. The first kappa shape index (κ1) is 17.6. The van der Waals surface area contributed by atoms with Crippen molar-refractivity contribution in [2.75, 3.05) is 0 Å². The molecule has 4 aromatic rings. The van der Waals surface area contributed by atoms with Crippen molar-refractivity contribution in [3.05, 3.63) is 65.9 Å². The van der Waals surface area contributed by atoms with E-state index in [9.17, 15) is 4.79 Å². The molecule has 28 heavy (non-hydrogen) atoms. The molecular formula is C20H19N7O. The van der Waals surface area contributed by atoms with Crippen LogP contribution in [0.15, 0.2) is 59.8 Å². The molecule has 2 N–H and O–H groups in total. The zero-order valence-electron chi connectivity index (χ0n) is 15.3. The van der Waals surface area contributed by atoms with Gasteiger partial charge in [0.05, 0.1) is 6.21 Å². The molecule has 2 aromatic heterocycles. The lowest BCUT2D eigenvalue weighted by Gasteiger charge is -1.99. The third-order valence-electron chi connectivity index (χ3n) is 4.38. The second-order valence-corrected chi connectivity index (χ2v) is 6.24. The lowest BCUT2D eigenvalue weighted by Crippen LogP contribution is -2.24. The number of fused-ring (bicyclic) bond motifs is 1. The summed E-state index contributed by atoms with van der Waals surface area (Å²) >= 11 is 0. The minimum absolute atomic E-state index is 0.0644. The number of amides is 1. The van der Waals surface area contributed by atoms with E-state index in [0.717, 1.165) is 28.5 Å². The van der Waals surface area contributed by atoms with E-state index >= 15 is 0 Å². The minimum Gasteiger partial charge on any atom is -0.360 e. The number of nitrogens with one attached hydrogen (secondary N) is 2. The van der Waals surface area contributed by atoms with Crippen LogP contribution < -0.4 is 5.43 Å². The maximum Gasteiger partial charge on any atom is 0.263 e. The lowest BCUT2D eigenvalue weighted by atomic mass is 10.1. The van der Waals surface area contributed by atoms with E-state index in [2.05, 4.69) is 43.9 Å². The van der Waals surface area contributed by atoms with Crippen LogP contribution in [0.1, 0.15) is 18.1 Å². The molecule has 0 aliphatic carbocycles. The number of nitrogens with zero attached hydrogens (tertiary/aromatic N) is 5. The van der Waals surface area contributed by atoms with Gasteiger partial charge in [-0.3, -0.25) is 4.79 Å². The van der Waals surface area contributed by atoms with Gasteiger partial charge in [-0.15, -0.1) is 10.2 Å². The second kappa shape index (κ2) is 7.83. The molecule has 2 heterocycles. The van der Waals surface area contributed by atoms with Gasteiger partial charge in [0.2, 0.25) is 5.82 Å². The Kier molecular flexibility index (Phi) is 4.92. The normalized spacial score (nSPS) is 11.3. The Bertz CT molecular complexity index is 1130. The fraction of sp³-hybridized carbons (Fsp3) is 0.150. The van der Waals surface area contributed by atoms with Gasteiger partial charge in [0, 0.05) is 28.2 Å². The lowest BCUT2D eigenvalue weighted by molar-refractivity contribution is -0.122. The summed E-state index contributed by atoms with van der Waals surface area (Å²) in [6.45, 7) is 2.05. The molecule has 0 bridgehead atoms. The first-order valence-corrected chi connectivity index (χ1v) is 8.98. The SMILES string of the molecule is CCc1cccc2c(/C=N/NC(=O)Cn3nnc(-c4ccccc4)n3)c[nH]c12. The van der Waals surface area contributed by atoms with Crippen molar-refractivity contribution in [1.29, 1.82) is 0 Å². The molecule has 0 radical (unpaired) electrons. The Labute approximate surface area is 161 Å². The molecule has 0 atom stereocenters. The number of para-hydroxylation sites is 1. The number of tetrazole rings is 1. The van der Waals surface area contributed by atoms with Crippen molar-refractivity contribution in [1.82, 2.24) is 30.6 Å². The summed E-state index contributed by atoms with van der Waals surface area (Å²) in [7, 11) is 0. The molecule has 8 heteroatoms. The van der Waals surface area contributed by atoms with Crippen molar-refractivity contribution >= 4 is 23.0 Å². The number of hydrogen-bond acceptors (Lipinski definition) is 5. The number of aryl methyl sites for hydroxylation is 1. The largest absolute Gasteiger partial charge is 0.360 e. The number of aromatic nitrogens is 5. The number of hydrazone groups is 1. The van der Waals surface area contributed by atoms with E-state index < -0.39 is 0 Å². The Morgan fingerprint density at radius 3 is 2.89 bits per heavy atom. The van der Waals surface area contributed by atoms with E-state index in [0.29, 0.717) is 5.82 Å². The third-order valence-corrected chi connectivity index (χ3v) is 4.38. The summed E-state index contributed by atoms with van der Waals surface area (Å²) < 4.78 is 0. The van der Waals surface area contributed by atoms with Crippen LogP contribution in [0.4, 0.5) is 0 Å². The number of carbonyl (C=O) groups is 1. The average Bonchev–Trinajstić information content (AvgIpc) is 3.36. The van der Waals surface area contributed by atoms with Crippen LogP contribution >= 0.6 is 0 Å². The highest BCUT2D eigenvalue weighted by atomic mass is 16.2. The monoisotopic (exact) mass is 373 g/mol. The molecule has 4 rings (SSSR count). The van der Waals surface area contributed by atoms with Gasteiger partial charge in [0.1, 0.15) is 6.54 Å². The summed E-state index contributed by atoms with van der Waals surface area (Å²) in [4.78, 5) is 16.6. The van der Waals surface area contributed by atoms with Gasteiger partial charge in [-0.2, -0.15) is 9.90 Å². The molecule has 0 saturated carbocycles. The van der Waals surface area contributed by atoms with E-state index in [4.69, 9.17) is 0 Å². The number of hydrogen-bond donors (Lipinski definition) is 2. The molecule has 0 aliphatic heterocycles. The van der Waals surface area contributed by atoms with Gasteiger partial charge in [-0.05, 0) is 17.2 Å². The number of aromatic amines is 1. The molecular weight excluding hydrogens is 354 g/mol. The molecule has 0 fully saturated rings. The van der Waals surface area contributed by atoms with Crippen molar-refractivity contribution in [3.8, 4) is 11.4 Å². The average molecular weight is 373 g/mol. The summed E-state index contributed by atoms with van der Waals surface area (Å²) in [5, 5.41) is 17.2. The molecule has 0 spiro atoms. The van der Waals surface area contributed by atoms with Crippen LogP contribution in [-0.2, 0) is 17.8 Å². The predicted molar refractivity (Wildman–Crippen MR) is 107 cm³/mol. The highest BCUT2D eigenvalue weighted by Gasteiger charge is 2.09. The highest BCUT2D eigenvalue weighted by molar-refractivity contribution is 6.00. The molecule has 2 aromatic carbocycles. The van der Waals surface area contributed by atoms with E-state index in [1.54, 1.807) is 6.21 Å². The number of H-pyrrole nitrogens is 1. The summed E-state index contributed by atoms with van der Waals surface area (Å²) in [5.41, 5.74) is 6.60. The highest BCUT2D eigenvalue weighted by Crippen LogP contribution is 2.20. The zero-order chi connectivity index (χ0) is 19.3. The van der Waals surface area contributed by atoms with Crippen LogP contribution in [0.2, 0.25) is 0 Å². The third kappa shape index (κ3) is 3.66. The molecule has 8 nitrogen and oxygen atoms in total. The standard InChI is InChI=1S/C20H19N7O/c1-2-14-9-6-10-17-16(11-21-19(14)17)12-22-23-18(28)13-27-25-20(24-26-27)15-7-4-3-5-8-15/h3-12,21H,2,13H2,1H3,(H,23,28)/b22-12+. The quantitative estimate of drug-likeness (QED) is 0.401. The van der Waals surface area contributed by atoms with Crippen molar-refractivity contribution < 1.29 is 4.79 Å².